The lowest BCUT2D eigenvalue weighted by molar-refractivity contribution is -0.173. The number of carboxylic acid groups (broad SMARTS) is 1. The Kier molecular flexibility index (Phi) is 4.48. The molecule has 104 valence electrons. The molecular weight excluding hydrogens is 252 g/mol. The molecule has 0 fully saturated rings. The van der Waals surface area contributed by atoms with Crippen molar-refractivity contribution in [3.63, 3.8) is 0 Å². The van der Waals surface area contributed by atoms with E-state index >= 15 is 0 Å². The van der Waals surface area contributed by atoms with Crippen molar-refractivity contribution < 1.29 is 45.3 Å². The molecule has 0 radical (unpaired) electrons. The highest BCUT2D eigenvalue weighted by Crippen LogP contribution is 2.26. The molecule has 1 aliphatic rings. The van der Waals surface area contributed by atoms with Gasteiger partial charge in [-0.3, -0.25) is 0 Å². The van der Waals surface area contributed by atoms with Crippen molar-refractivity contribution >= 4 is 5.97 Å². The Morgan fingerprint density at radius 1 is 1.33 bits per heavy atom. The maximum Gasteiger partial charge on any atom is 0.374 e. The Morgan fingerprint density at radius 2 is 1.89 bits per heavy atom. The van der Waals surface area contributed by atoms with Crippen molar-refractivity contribution in [2.24, 2.45) is 0 Å². The number of hydrogen-bond acceptors (Lipinski definition) is 8. The van der Waals surface area contributed by atoms with Crippen LogP contribution in [0, 0.1) is 0 Å². The molecule has 1 aliphatic heterocycles. The number of ether oxygens (including phenoxy) is 1. The van der Waals surface area contributed by atoms with Gasteiger partial charge in [0, 0.05) is 0 Å². The topological polar surface area (TPSA) is 168 Å². The van der Waals surface area contributed by atoms with Gasteiger partial charge in [0.05, 0.1) is 6.61 Å². The standard InChI is InChI=1S/C9H14O9/c10-1-2(11)3(12)7-5(14)4(13)6(15)8(18-7)9(16)17/h2-5,7,10-15H,1H2,(H,16,17). The van der Waals surface area contributed by atoms with Gasteiger partial charge in [0.15, 0.2) is 11.9 Å². The fourth-order valence-electron chi connectivity index (χ4n) is 1.50. The van der Waals surface area contributed by atoms with Crippen LogP contribution in [0.2, 0.25) is 0 Å². The van der Waals surface area contributed by atoms with E-state index in [-0.39, 0.29) is 0 Å². The second kappa shape index (κ2) is 5.50. The summed E-state index contributed by atoms with van der Waals surface area (Å²) in [6.07, 6.45) is -9.09. The molecule has 0 spiro atoms. The average Bonchev–Trinajstić information content (AvgIpc) is 2.34. The zero-order valence-corrected chi connectivity index (χ0v) is 9.04. The molecule has 1 heterocycles. The largest absolute Gasteiger partial charge is 0.506 e. The number of aliphatic hydroxyl groups excluding tert-OH is 6. The molecule has 0 aliphatic carbocycles. The van der Waals surface area contributed by atoms with Crippen molar-refractivity contribution in [2.75, 3.05) is 6.61 Å². The second-order valence-corrected chi connectivity index (χ2v) is 3.78. The van der Waals surface area contributed by atoms with Crippen LogP contribution in [0.3, 0.4) is 0 Å². The fraction of sp³-hybridized carbons (Fsp3) is 0.667. The molecule has 5 atom stereocenters. The molecule has 1 rings (SSSR count). The monoisotopic (exact) mass is 266 g/mol. The number of rotatable bonds is 4. The number of aliphatic hydroxyl groups is 6. The van der Waals surface area contributed by atoms with E-state index in [1.807, 2.05) is 0 Å². The summed E-state index contributed by atoms with van der Waals surface area (Å²) in [4.78, 5) is 10.7. The van der Waals surface area contributed by atoms with E-state index in [0.29, 0.717) is 0 Å². The van der Waals surface area contributed by atoms with Gasteiger partial charge in [-0.05, 0) is 0 Å². The molecule has 5 unspecified atom stereocenters. The van der Waals surface area contributed by atoms with E-state index in [4.69, 9.17) is 10.2 Å². The predicted octanol–water partition coefficient (Wildman–Crippen LogP) is -3.32. The van der Waals surface area contributed by atoms with Crippen LogP contribution < -0.4 is 0 Å². The maximum atomic E-state index is 10.7. The van der Waals surface area contributed by atoms with Gasteiger partial charge in [-0.15, -0.1) is 0 Å². The first-order chi connectivity index (χ1) is 8.31. The summed E-state index contributed by atoms with van der Waals surface area (Å²) < 4.78 is 4.63. The molecule has 0 aromatic heterocycles. The Labute approximate surface area is 101 Å². The van der Waals surface area contributed by atoms with Crippen LogP contribution in [0.5, 0.6) is 0 Å². The third-order valence-electron chi connectivity index (χ3n) is 2.54. The molecule has 9 nitrogen and oxygen atoms in total. The fourth-order valence-corrected chi connectivity index (χ4v) is 1.50. The summed E-state index contributed by atoms with van der Waals surface area (Å²) in [5.74, 6) is -3.84. The quantitative estimate of drug-likeness (QED) is 0.275. The molecule has 0 aromatic rings. The molecule has 9 heteroatoms. The highest BCUT2D eigenvalue weighted by molar-refractivity contribution is 5.85. The molecular formula is C9H14O9. The van der Waals surface area contributed by atoms with Crippen LogP contribution in [0.4, 0.5) is 0 Å². The van der Waals surface area contributed by atoms with Crippen molar-refractivity contribution in [1.82, 2.24) is 0 Å². The van der Waals surface area contributed by atoms with Crippen LogP contribution >= 0.6 is 0 Å². The average molecular weight is 266 g/mol. The highest BCUT2D eigenvalue weighted by atomic mass is 16.6. The normalized spacial score (nSPS) is 31.7. The van der Waals surface area contributed by atoms with Gasteiger partial charge >= 0.3 is 5.97 Å². The van der Waals surface area contributed by atoms with Gasteiger partial charge in [0.1, 0.15) is 24.4 Å². The number of hydrogen-bond donors (Lipinski definition) is 7. The van der Waals surface area contributed by atoms with Gasteiger partial charge in [-0.25, -0.2) is 4.79 Å². The van der Waals surface area contributed by atoms with Crippen molar-refractivity contribution in [3.8, 4) is 0 Å². The summed E-state index contributed by atoms with van der Waals surface area (Å²) in [5, 5.41) is 64.1. The summed E-state index contributed by atoms with van der Waals surface area (Å²) in [6.45, 7) is -0.859. The Morgan fingerprint density at radius 3 is 2.33 bits per heavy atom. The highest BCUT2D eigenvalue weighted by Gasteiger charge is 2.45. The summed E-state index contributed by atoms with van der Waals surface area (Å²) >= 11 is 0. The second-order valence-electron chi connectivity index (χ2n) is 3.78. The molecule has 0 saturated carbocycles. The minimum atomic E-state index is -1.98. The summed E-state index contributed by atoms with van der Waals surface area (Å²) in [5.41, 5.74) is 0. The minimum Gasteiger partial charge on any atom is -0.506 e. The van der Waals surface area contributed by atoms with Gasteiger partial charge in [0.25, 0.3) is 0 Å². The summed E-state index contributed by atoms with van der Waals surface area (Å²) in [6, 6.07) is 0. The molecule has 0 aromatic carbocycles. The molecule has 0 amide bonds. The van der Waals surface area contributed by atoms with E-state index in [1.165, 1.54) is 0 Å². The van der Waals surface area contributed by atoms with Gasteiger partial charge in [-0.2, -0.15) is 0 Å². The van der Waals surface area contributed by atoms with E-state index < -0.39 is 54.6 Å². The van der Waals surface area contributed by atoms with Crippen LogP contribution in [0.25, 0.3) is 0 Å². The van der Waals surface area contributed by atoms with Crippen LogP contribution in [0.1, 0.15) is 0 Å². The molecule has 7 N–H and O–H groups in total. The summed E-state index contributed by atoms with van der Waals surface area (Å²) in [7, 11) is 0. The molecule has 18 heavy (non-hydrogen) atoms. The SMILES string of the molecule is O=C(O)C1=C(O)C(O)C(O)C(C(O)C(O)CO)O1. The Hall–Kier alpha value is -1.39. The first kappa shape index (κ1) is 14.7. The van der Waals surface area contributed by atoms with Gasteiger partial charge in [0.2, 0.25) is 5.76 Å². The Bertz CT molecular complexity index is 352. The third kappa shape index (κ3) is 2.54. The first-order valence-electron chi connectivity index (χ1n) is 4.97. The van der Waals surface area contributed by atoms with Crippen LogP contribution in [-0.2, 0) is 9.53 Å². The van der Waals surface area contributed by atoms with Crippen molar-refractivity contribution in [2.45, 2.75) is 30.5 Å². The molecule has 0 bridgehead atoms. The van der Waals surface area contributed by atoms with E-state index in [0.717, 1.165) is 0 Å². The minimum absolute atomic E-state index is 0.859. The van der Waals surface area contributed by atoms with E-state index in [9.17, 15) is 30.3 Å². The van der Waals surface area contributed by atoms with Gasteiger partial charge in [-0.1, -0.05) is 0 Å². The molecule has 0 saturated heterocycles. The third-order valence-corrected chi connectivity index (χ3v) is 2.54. The lowest BCUT2D eigenvalue weighted by Crippen LogP contribution is -2.54. The lowest BCUT2D eigenvalue weighted by atomic mass is 9.95. The van der Waals surface area contributed by atoms with Crippen molar-refractivity contribution in [1.29, 1.82) is 0 Å². The van der Waals surface area contributed by atoms with Crippen LogP contribution in [0.15, 0.2) is 11.5 Å². The smallest absolute Gasteiger partial charge is 0.374 e. The van der Waals surface area contributed by atoms with E-state index in [2.05, 4.69) is 4.74 Å². The Balaban J connectivity index is 3.01. The van der Waals surface area contributed by atoms with E-state index in [1.54, 1.807) is 0 Å². The first-order valence-corrected chi connectivity index (χ1v) is 4.97. The number of aliphatic carboxylic acids is 1. The predicted molar refractivity (Wildman–Crippen MR) is 53.3 cm³/mol. The lowest BCUT2D eigenvalue weighted by Gasteiger charge is -2.36. The van der Waals surface area contributed by atoms with Crippen LogP contribution in [-0.4, -0.2) is 78.8 Å². The number of carboxylic acids is 1. The zero-order chi connectivity index (χ0) is 14.0. The van der Waals surface area contributed by atoms with Gasteiger partial charge < -0.3 is 40.5 Å². The van der Waals surface area contributed by atoms with Crippen molar-refractivity contribution in [3.05, 3.63) is 11.5 Å². The zero-order valence-electron chi connectivity index (χ0n) is 9.04. The number of carbonyl (C=O) groups is 1. The maximum absolute atomic E-state index is 10.7.